The van der Waals surface area contributed by atoms with Gasteiger partial charge in [0.25, 0.3) is 0 Å². The molecule has 0 aliphatic carbocycles. The summed E-state index contributed by atoms with van der Waals surface area (Å²) in [5.41, 5.74) is -0.112. The second-order valence-corrected chi connectivity index (χ2v) is 5.56. The Morgan fingerprint density at radius 3 is 1.92 bits per heavy atom. The molecular formula is C9H18Cl2O. The van der Waals surface area contributed by atoms with E-state index in [1.807, 2.05) is 27.7 Å². The summed E-state index contributed by atoms with van der Waals surface area (Å²) in [7, 11) is 0. The third kappa shape index (κ3) is 4.54. The van der Waals surface area contributed by atoms with Gasteiger partial charge in [-0.25, -0.2) is 0 Å². The van der Waals surface area contributed by atoms with Crippen molar-refractivity contribution in [3.05, 3.63) is 0 Å². The molecule has 0 aromatic carbocycles. The molecule has 0 aliphatic rings. The molecule has 0 heterocycles. The second kappa shape index (κ2) is 4.69. The summed E-state index contributed by atoms with van der Waals surface area (Å²) in [5, 5.41) is 9.42. The van der Waals surface area contributed by atoms with Crippen LogP contribution in [-0.4, -0.2) is 22.0 Å². The van der Waals surface area contributed by atoms with Crippen molar-refractivity contribution in [1.82, 2.24) is 0 Å². The Morgan fingerprint density at radius 2 is 1.67 bits per heavy atom. The van der Waals surface area contributed by atoms with E-state index >= 15 is 0 Å². The zero-order chi connectivity index (χ0) is 9.94. The average molecular weight is 213 g/mol. The lowest BCUT2D eigenvalue weighted by Gasteiger charge is -2.28. The van der Waals surface area contributed by atoms with Gasteiger partial charge in [0.1, 0.15) is 0 Å². The summed E-state index contributed by atoms with van der Waals surface area (Å²) in [6.07, 6.45) is 0.164. The van der Waals surface area contributed by atoms with Crippen molar-refractivity contribution in [3.8, 4) is 0 Å². The number of hydrogen-bond acceptors (Lipinski definition) is 1. The molecule has 0 saturated heterocycles. The van der Waals surface area contributed by atoms with E-state index in [1.54, 1.807) is 0 Å². The fraction of sp³-hybridized carbons (Fsp3) is 1.00. The smallest absolute Gasteiger partial charge is 0.0603 e. The minimum Gasteiger partial charge on any atom is -0.393 e. The molecule has 3 unspecified atom stereocenters. The molecular weight excluding hydrogens is 195 g/mol. The molecule has 0 radical (unpaired) electrons. The van der Waals surface area contributed by atoms with Crippen LogP contribution in [0, 0.1) is 5.41 Å². The summed E-state index contributed by atoms with van der Waals surface area (Å²) in [6.45, 7) is 7.80. The molecule has 1 nitrogen and oxygen atoms in total. The van der Waals surface area contributed by atoms with E-state index in [9.17, 15) is 5.11 Å². The monoisotopic (exact) mass is 212 g/mol. The van der Waals surface area contributed by atoms with Gasteiger partial charge in [-0.1, -0.05) is 20.8 Å². The normalized spacial score (nSPS) is 20.2. The van der Waals surface area contributed by atoms with Crippen molar-refractivity contribution in [3.63, 3.8) is 0 Å². The first-order valence-corrected chi connectivity index (χ1v) is 5.08. The predicted molar refractivity (Wildman–Crippen MR) is 55.0 cm³/mol. The van der Waals surface area contributed by atoms with Gasteiger partial charge in [-0.2, -0.15) is 0 Å². The highest BCUT2D eigenvalue weighted by Crippen LogP contribution is 2.26. The first-order chi connectivity index (χ1) is 5.25. The summed E-state index contributed by atoms with van der Waals surface area (Å²) in [4.78, 5) is 0. The van der Waals surface area contributed by atoms with E-state index in [0.29, 0.717) is 6.42 Å². The Hall–Kier alpha value is 0.540. The summed E-state index contributed by atoms with van der Waals surface area (Å²) < 4.78 is 0. The highest BCUT2D eigenvalue weighted by atomic mass is 35.5. The Morgan fingerprint density at radius 1 is 1.25 bits per heavy atom. The second-order valence-electron chi connectivity index (χ2n) is 4.31. The van der Waals surface area contributed by atoms with Crippen molar-refractivity contribution < 1.29 is 5.11 Å². The van der Waals surface area contributed by atoms with Gasteiger partial charge < -0.3 is 5.11 Å². The molecule has 0 fully saturated rings. The average Bonchev–Trinajstić information content (AvgIpc) is 1.85. The summed E-state index contributed by atoms with van der Waals surface area (Å²) >= 11 is 11.7. The SMILES string of the molecule is CC(Cl)C(Cl)CC(O)C(C)(C)C. The highest BCUT2D eigenvalue weighted by Gasteiger charge is 2.26. The van der Waals surface area contributed by atoms with Crippen molar-refractivity contribution in [2.75, 3.05) is 0 Å². The Balaban J connectivity index is 3.93. The maximum absolute atomic E-state index is 9.66. The first-order valence-electron chi connectivity index (χ1n) is 4.21. The van der Waals surface area contributed by atoms with Gasteiger partial charge in [-0.05, 0) is 18.8 Å². The minimum atomic E-state index is -0.388. The van der Waals surface area contributed by atoms with E-state index in [4.69, 9.17) is 23.2 Å². The topological polar surface area (TPSA) is 20.2 Å². The van der Waals surface area contributed by atoms with Gasteiger partial charge in [-0.15, -0.1) is 23.2 Å². The van der Waals surface area contributed by atoms with Crippen LogP contribution in [0.1, 0.15) is 34.1 Å². The zero-order valence-corrected chi connectivity index (χ0v) is 9.65. The standard InChI is InChI=1S/C9H18Cl2O/c1-6(10)7(11)5-8(12)9(2,3)4/h6-8,12H,5H2,1-4H3. The van der Waals surface area contributed by atoms with Crippen molar-refractivity contribution in [2.24, 2.45) is 5.41 Å². The number of hydrogen-bond donors (Lipinski definition) is 1. The van der Waals surface area contributed by atoms with Gasteiger partial charge in [0, 0.05) is 5.38 Å². The Kier molecular flexibility index (Phi) is 4.90. The molecule has 0 aromatic rings. The lowest BCUT2D eigenvalue weighted by atomic mass is 9.86. The molecule has 0 rings (SSSR count). The van der Waals surface area contributed by atoms with Crippen LogP contribution in [0.25, 0.3) is 0 Å². The molecule has 0 bridgehead atoms. The highest BCUT2D eigenvalue weighted by molar-refractivity contribution is 6.29. The summed E-state index contributed by atoms with van der Waals surface area (Å²) in [5.74, 6) is 0. The van der Waals surface area contributed by atoms with E-state index in [-0.39, 0.29) is 22.3 Å². The van der Waals surface area contributed by atoms with Crippen LogP contribution in [0.3, 0.4) is 0 Å². The number of halogens is 2. The van der Waals surface area contributed by atoms with Crippen LogP contribution in [0.15, 0.2) is 0 Å². The largest absolute Gasteiger partial charge is 0.393 e. The maximum Gasteiger partial charge on any atom is 0.0603 e. The summed E-state index contributed by atoms with van der Waals surface area (Å²) in [6, 6.07) is 0. The van der Waals surface area contributed by atoms with E-state index in [1.165, 1.54) is 0 Å². The van der Waals surface area contributed by atoms with E-state index in [2.05, 4.69) is 0 Å². The molecule has 1 N–H and O–H groups in total. The maximum atomic E-state index is 9.66. The third-order valence-electron chi connectivity index (χ3n) is 1.95. The number of alkyl halides is 2. The van der Waals surface area contributed by atoms with Crippen molar-refractivity contribution in [2.45, 2.75) is 51.0 Å². The molecule has 3 heteroatoms. The number of rotatable bonds is 3. The van der Waals surface area contributed by atoms with Gasteiger partial charge in [0.2, 0.25) is 0 Å². The lowest BCUT2D eigenvalue weighted by molar-refractivity contribution is 0.0549. The molecule has 0 aromatic heterocycles. The Bertz CT molecular complexity index is 129. The van der Waals surface area contributed by atoms with Gasteiger partial charge in [-0.3, -0.25) is 0 Å². The molecule has 12 heavy (non-hydrogen) atoms. The van der Waals surface area contributed by atoms with E-state index < -0.39 is 0 Å². The zero-order valence-electron chi connectivity index (χ0n) is 8.14. The van der Waals surface area contributed by atoms with Crippen LogP contribution in [0.5, 0.6) is 0 Å². The minimum absolute atomic E-state index is 0.0938. The third-order valence-corrected chi connectivity index (χ3v) is 2.94. The van der Waals surface area contributed by atoms with Crippen molar-refractivity contribution >= 4 is 23.2 Å². The van der Waals surface area contributed by atoms with E-state index in [0.717, 1.165) is 0 Å². The molecule has 0 amide bonds. The molecule has 0 saturated carbocycles. The molecule has 0 spiro atoms. The van der Waals surface area contributed by atoms with Crippen LogP contribution < -0.4 is 0 Å². The van der Waals surface area contributed by atoms with Crippen LogP contribution in [-0.2, 0) is 0 Å². The quantitative estimate of drug-likeness (QED) is 0.714. The molecule has 3 atom stereocenters. The van der Waals surface area contributed by atoms with Crippen LogP contribution in [0.2, 0.25) is 0 Å². The molecule has 74 valence electrons. The number of aliphatic hydroxyl groups excluding tert-OH is 1. The number of aliphatic hydroxyl groups is 1. The van der Waals surface area contributed by atoms with Gasteiger partial charge >= 0.3 is 0 Å². The fourth-order valence-electron chi connectivity index (χ4n) is 0.754. The Labute approximate surface area is 85.1 Å². The van der Waals surface area contributed by atoms with Crippen molar-refractivity contribution in [1.29, 1.82) is 0 Å². The lowest BCUT2D eigenvalue weighted by Crippen LogP contribution is -2.30. The van der Waals surface area contributed by atoms with Crippen LogP contribution in [0.4, 0.5) is 0 Å². The first kappa shape index (κ1) is 12.5. The fourth-order valence-corrected chi connectivity index (χ4v) is 1.03. The van der Waals surface area contributed by atoms with Crippen LogP contribution >= 0.6 is 23.2 Å². The predicted octanol–water partition coefficient (Wildman–Crippen LogP) is 3.02. The molecule has 0 aliphatic heterocycles. The van der Waals surface area contributed by atoms with Gasteiger partial charge in [0.15, 0.2) is 0 Å². The van der Waals surface area contributed by atoms with Gasteiger partial charge in [0.05, 0.1) is 11.5 Å².